The van der Waals surface area contributed by atoms with E-state index < -0.39 is 0 Å². The molecule has 2 N–H and O–H groups in total. The molecule has 4 aliphatic rings. The summed E-state index contributed by atoms with van der Waals surface area (Å²) in [6, 6.07) is 0.820. The van der Waals surface area contributed by atoms with Crippen molar-refractivity contribution in [3.63, 3.8) is 0 Å². The molecule has 0 bridgehead atoms. The Hall–Kier alpha value is -0.940. The van der Waals surface area contributed by atoms with E-state index in [1.54, 1.807) is 7.11 Å². The number of halogens is 1. The van der Waals surface area contributed by atoms with Crippen LogP contribution in [0.25, 0.3) is 0 Å². The second-order valence-electron chi connectivity index (χ2n) is 8.71. The number of rotatable bonds is 5. The van der Waals surface area contributed by atoms with Crippen molar-refractivity contribution in [1.82, 2.24) is 25.4 Å². The standard InChI is InChI=1S/C20H32N6O2.HI/c1-3-21-19(24-17-14-7-10-28-18(14)20(17)8-4-9-20)22-13-5-6-16-23-15(12-27-2)25-26(16)11-13;/h13-14,17-18H,3-12H2,1-2H3,(H2,21,22,24);1H. The summed E-state index contributed by atoms with van der Waals surface area (Å²) in [6.07, 6.45) is 7.55. The van der Waals surface area contributed by atoms with E-state index in [0.29, 0.717) is 36.1 Å². The molecule has 2 saturated carbocycles. The highest BCUT2D eigenvalue weighted by Gasteiger charge is 2.66. The molecular formula is C20H33IN6O2. The third-order valence-electron chi connectivity index (χ3n) is 7.16. The van der Waals surface area contributed by atoms with Crippen molar-refractivity contribution in [3.8, 4) is 0 Å². The summed E-state index contributed by atoms with van der Waals surface area (Å²) >= 11 is 0. The van der Waals surface area contributed by atoms with Gasteiger partial charge in [-0.3, -0.25) is 4.99 Å². The smallest absolute Gasteiger partial charge is 0.191 e. The molecule has 2 aliphatic heterocycles. The van der Waals surface area contributed by atoms with Crippen molar-refractivity contribution in [3.05, 3.63) is 11.6 Å². The van der Waals surface area contributed by atoms with Crippen LogP contribution in [0.4, 0.5) is 0 Å². The fraction of sp³-hybridized carbons (Fsp3) is 0.850. The highest BCUT2D eigenvalue weighted by atomic mass is 127. The van der Waals surface area contributed by atoms with Gasteiger partial charge in [0.15, 0.2) is 11.8 Å². The molecule has 0 amide bonds. The van der Waals surface area contributed by atoms with Gasteiger partial charge in [0.05, 0.1) is 12.6 Å². The summed E-state index contributed by atoms with van der Waals surface area (Å²) in [5.41, 5.74) is 0.359. The maximum atomic E-state index is 6.06. The predicted molar refractivity (Wildman–Crippen MR) is 120 cm³/mol. The van der Waals surface area contributed by atoms with E-state index in [-0.39, 0.29) is 24.0 Å². The number of hydrogen-bond donors (Lipinski definition) is 2. The van der Waals surface area contributed by atoms with Gasteiger partial charge < -0.3 is 20.1 Å². The van der Waals surface area contributed by atoms with Crippen molar-refractivity contribution in [2.24, 2.45) is 16.3 Å². The Kier molecular flexibility index (Phi) is 6.36. The van der Waals surface area contributed by atoms with Gasteiger partial charge in [-0.05, 0) is 32.6 Å². The summed E-state index contributed by atoms with van der Waals surface area (Å²) in [6.45, 7) is 5.08. The number of aromatic nitrogens is 3. The summed E-state index contributed by atoms with van der Waals surface area (Å²) in [4.78, 5) is 9.33. The van der Waals surface area contributed by atoms with Crippen molar-refractivity contribution in [2.75, 3.05) is 20.3 Å². The lowest BCUT2D eigenvalue weighted by Gasteiger charge is -2.63. The van der Waals surface area contributed by atoms with Crippen LogP contribution >= 0.6 is 24.0 Å². The minimum absolute atomic E-state index is 0. The number of guanidine groups is 1. The number of methoxy groups -OCH3 is 1. The van der Waals surface area contributed by atoms with Crippen LogP contribution in [0.3, 0.4) is 0 Å². The van der Waals surface area contributed by atoms with Crippen molar-refractivity contribution in [2.45, 2.75) is 76.8 Å². The Morgan fingerprint density at radius 2 is 2.21 bits per heavy atom. The minimum atomic E-state index is 0. The second-order valence-corrected chi connectivity index (χ2v) is 8.71. The molecule has 0 aromatic carbocycles. The lowest BCUT2D eigenvalue weighted by atomic mass is 9.46. The van der Waals surface area contributed by atoms with E-state index in [1.165, 1.54) is 25.7 Å². The lowest BCUT2D eigenvalue weighted by Crippen LogP contribution is -2.72. The molecule has 4 unspecified atom stereocenters. The second kappa shape index (κ2) is 8.66. The zero-order chi connectivity index (χ0) is 19.1. The molecule has 1 aromatic rings. The normalized spacial score (nSPS) is 31.9. The SMILES string of the molecule is CCN=C(NC1CCc2nc(COC)nn2C1)NC1C2CCOC2C12CCC2.I. The molecule has 8 nitrogen and oxygen atoms in total. The Bertz CT molecular complexity index is 749. The zero-order valence-electron chi connectivity index (χ0n) is 17.4. The molecule has 0 radical (unpaired) electrons. The molecule has 2 aliphatic carbocycles. The Morgan fingerprint density at radius 1 is 1.34 bits per heavy atom. The van der Waals surface area contributed by atoms with E-state index in [0.717, 1.165) is 50.1 Å². The molecule has 3 fully saturated rings. The molecule has 4 atom stereocenters. The lowest BCUT2D eigenvalue weighted by molar-refractivity contribution is -0.171. The van der Waals surface area contributed by atoms with Gasteiger partial charge in [0.25, 0.3) is 0 Å². The minimum Gasteiger partial charge on any atom is -0.377 e. The quantitative estimate of drug-likeness (QED) is 0.353. The number of hydrogen-bond acceptors (Lipinski definition) is 5. The third kappa shape index (κ3) is 3.67. The summed E-state index contributed by atoms with van der Waals surface area (Å²) in [7, 11) is 1.68. The molecule has 1 aromatic heterocycles. The Balaban J connectivity index is 0.00000205. The molecule has 3 heterocycles. The van der Waals surface area contributed by atoms with E-state index in [1.807, 2.05) is 4.68 Å². The summed E-state index contributed by atoms with van der Waals surface area (Å²) in [5, 5.41) is 12.1. The number of ether oxygens (including phenoxy) is 2. The Morgan fingerprint density at radius 3 is 2.93 bits per heavy atom. The van der Waals surface area contributed by atoms with Crippen LogP contribution in [0.15, 0.2) is 4.99 Å². The number of fused-ring (bicyclic) bond motifs is 3. The average Bonchev–Trinajstić information content (AvgIpc) is 3.23. The van der Waals surface area contributed by atoms with Gasteiger partial charge in [0.2, 0.25) is 0 Å². The monoisotopic (exact) mass is 516 g/mol. The van der Waals surface area contributed by atoms with Crippen LogP contribution < -0.4 is 10.6 Å². The number of nitrogens with one attached hydrogen (secondary N) is 2. The predicted octanol–water partition coefficient (Wildman–Crippen LogP) is 1.87. The van der Waals surface area contributed by atoms with Crippen LogP contribution in [0.2, 0.25) is 0 Å². The highest BCUT2D eigenvalue weighted by Crippen LogP contribution is 2.62. The van der Waals surface area contributed by atoms with Gasteiger partial charge in [0.1, 0.15) is 12.4 Å². The first kappa shape index (κ1) is 21.3. The maximum absolute atomic E-state index is 6.06. The van der Waals surface area contributed by atoms with Crippen LogP contribution in [-0.2, 0) is 29.0 Å². The largest absolute Gasteiger partial charge is 0.377 e. The number of nitrogens with zero attached hydrogens (tertiary/aromatic N) is 4. The first-order valence-corrected chi connectivity index (χ1v) is 10.8. The zero-order valence-corrected chi connectivity index (χ0v) is 19.7. The van der Waals surface area contributed by atoms with Gasteiger partial charge >= 0.3 is 0 Å². The van der Waals surface area contributed by atoms with Crippen molar-refractivity contribution < 1.29 is 9.47 Å². The van der Waals surface area contributed by atoms with Gasteiger partial charge in [-0.15, -0.1) is 24.0 Å². The first-order valence-electron chi connectivity index (χ1n) is 10.8. The fourth-order valence-corrected chi connectivity index (χ4v) is 5.76. The molecule has 9 heteroatoms. The van der Waals surface area contributed by atoms with Crippen molar-refractivity contribution in [1.29, 1.82) is 0 Å². The van der Waals surface area contributed by atoms with Gasteiger partial charge in [-0.25, -0.2) is 9.67 Å². The van der Waals surface area contributed by atoms with Crippen molar-refractivity contribution >= 4 is 29.9 Å². The third-order valence-corrected chi connectivity index (χ3v) is 7.16. The van der Waals surface area contributed by atoms with E-state index >= 15 is 0 Å². The molecule has 29 heavy (non-hydrogen) atoms. The van der Waals surface area contributed by atoms with Crippen LogP contribution in [0.1, 0.15) is 50.7 Å². The summed E-state index contributed by atoms with van der Waals surface area (Å²) < 4.78 is 13.3. The number of aryl methyl sites for hydroxylation is 1. The van der Waals surface area contributed by atoms with E-state index in [4.69, 9.17) is 14.5 Å². The molecular weight excluding hydrogens is 483 g/mol. The molecule has 162 valence electrons. The topological polar surface area (TPSA) is 85.6 Å². The van der Waals surface area contributed by atoms with Gasteiger partial charge in [0, 0.05) is 50.1 Å². The van der Waals surface area contributed by atoms with E-state index in [2.05, 4.69) is 27.6 Å². The molecule has 1 saturated heterocycles. The molecule has 5 rings (SSSR count). The van der Waals surface area contributed by atoms with Crippen LogP contribution in [0, 0.1) is 11.3 Å². The Labute approximate surface area is 189 Å². The van der Waals surface area contributed by atoms with E-state index in [9.17, 15) is 0 Å². The maximum Gasteiger partial charge on any atom is 0.191 e. The van der Waals surface area contributed by atoms with Crippen LogP contribution in [-0.4, -0.2) is 59.2 Å². The summed E-state index contributed by atoms with van der Waals surface area (Å²) in [5.74, 6) is 3.43. The van der Waals surface area contributed by atoms with Crippen LogP contribution in [0.5, 0.6) is 0 Å². The fourth-order valence-electron chi connectivity index (χ4n) is 5.76. The first-order chi connectivity index (χ1) is 13.7. The molecule has 1 spiro atoms. The number of aliphatic imine (C=N–C) groups is 1. The van der Waals surface area contributed by atoms with Gasteiger partial charge in [-0.2, -0.15) is 5.10 Å². The van der Waals surface area contributed by atoms with Gasteiger partial charge in [-0.1, -0.05) is 6.42 Å². The highest BCUT2D eigenvalue weighted by molar-refractivity contribution is 14.0. The average molecular weight is 516 g/mol.